The van der Waals surface area contributed by atoms with E-state index in [0.717, 1.165) is 39.0 Å². The molecule has 2 saturated heterocycles. The third-order valence-corrected chi connectivity index (χ3v) is 3.60. The van der Waals surface area contributed by atoms with E-state index < -0.39 is 5.60 Å². The van der Waals surface area contributed by atoms with E-state index in [1.807, 2.05) is 25.7 Å². The molecule has 5 heteroatoms. The zero-order valence-electron chi connectivity index (χ0n) is 11.7. The van der Waals surface area contributed by atoms with E-state index in [-0.39, 0.29) is 6.09 Å². The molecular weight excluding hydrogens is 230 g/mol. The first-order valence-electron chi connectivity index (χ1n) is 6.83. The molecule has 2 rings (SSSR count). The smallest absolute Gasteiger partial charge is 0.410 e. The van der Waals surface area contributed by atoms with Gasteiger partial charge in [-0.1, -0.05) is 0 Å². The quantitative estimate of drug-likeness (QED) is 0.702. The van der Waals surface area contributed by atoms with Crippen LogP contribution < -0.4 is 5.73 Å². The number of hydrogen-bond donors (Lipinski definition) is 1. The summed E-state index contributed by atoms with van der Waals surface area (Å²) in [5.41, 5.74) is 5.56. The number of nitrogens with two attached hydrogens (primary N) is 1. The highest BCUT2D eigenvalue weighted by Gasteiger charge is 2.34. The van der Waals surface area contributed by atoms with Crippen molar-refractivity contribution in [2.45, 2.75) is 51.3 Å². The average molecular weight is 255 g/mol. The van der Waals surface area contributed by atoms with Crippen LogP contribution in [0.3, 0.4) is 0 Å². The summed E-state index contributed by atoms with van der Waals surface area (Å²) in [6.07, 6.45) is 1.88. The van der Waals surface area contributed by atoms with Crippen molar-refractivity contribution in [2.75, 3.05) is 26.2 Å². The van der Waals surface area contributed by atoms with Gasteiger partial charge in [0.15, 0.2) is 0 Å². The summed E-state index contributed by atoms with van der Waals surface area (Å²) in [5.74, 6) is 0. The SMILES string of the molecule is CC(C)(C)OC(=O)N1CCC2CC(N)CN2CC1. The lowest BCUT2D eigenvalue weighted by atomic mass is 10.1. The monoisotopic (exact) mass is 255 g/mol. The standard InChI is InChI=1S/C13H25N3O2/c1-13(2,3)18-12(17)15-5-4-11-8-10(14)9-16(11)7-6-15/h10-11H,4-9,14H2,1-3H3. The fourth-order valence-corrected chi connectivity index (χ4v) is 2.77. The molecule has 0 bridgehead atoms. The van der Waals surface area contributed by atoms with Gasteiger partial charge in [-0.25, -0.2) is 4.79 Å². The minimum Gasteiger partial charge on any atom is -0.444 e. The molecule has 18 heavy (non-hydrogen) atoms. The summed E-state index contributed by atoms with van der Waals surface area (Å²) >= 11 is 0. The Labute approximate surface area is 109 Å². The van der Waals surface area contributed by atoms with Gasteiger partial charge in [-0.15, -0.1) is 0 Å². The van der Waals surface area contributed by atoms with Crippen molar-refractivity contribution in [3.63, 3.8) is 0 Å². The molecule has 104 valence electrons. The Morgan fingerprint density at radius 2 is 2.00 bits per heavy atom. The lowest BCUT2D eigenvalue weighted by Crippen LogP contribution is -2.39. The molecule has 2 N–H and O–H groups in total. The Bertz CT molecular complexity index is 298. The highest BCUT2D eigenvalue weighted by molar-refractivity contribution is 5.68. The maximum Gasteiger partial charge on any atom is 0.410 e. The Morgan fingerprint density at radius 3 is 2.67 bits per heavy atom. The summed E-state index contributed by atoms with van der Waals surface area (Å²) < 4.78 is 5.42. The number of hydrogen-bond acceptors (Lipinski definition) is 4. The van der Waals surface area contributed by atoms with Crippen molar-refractivity contribution >= 4 is 6.09 Å². The van der Waals surface area contributed by atoms with E-state index in [0.29, 0.717) is 12.1 Å². The molecule has 5 nitrogen and oxygen atoms in total. The van der Waals surface area contributed by atoms with E-state index in [4.69, 9.17) is 10.5 Å². The molecule has 0 aromatic carbocycles. The van der Waals surface area contributed by atoms with Crippen molar-refractivity contribution < 1.29 is 9.53 Å². The zero-order valence-corrected chi connectivity index (χ0v) is 11.7. The minimum atomic E-state index is -0.415. The van der Waals surface area contributed by atoms with Crippen LogP contribution in [0.5, 0.6) is 0 Å². The van der Waals surface area contributed by atoms with Crippen LogP contribution >= 0.6 is 0 Å². The van der Waals surface area contributed by atoms with Crippen molar-refractivity contribution in [2.24, 2.45) is 5.73 Å². The Morgan fingerprint density at radius 1 is 1.28 bits per heavy atom. The van der Waals surface area contributed by atoms with E-state index in [1.165, 1.54) is 0 Å². The Hall–Kier alpha value is -0.810. The van der Waals surface area contributed by atoms with Gasteiger partial charge in [0.1, 0.15) is 5.60 Å². The molecule has 0 aromatic heterocycles. The maximum atomic E-state index is 12.0. The lowest BCUT2D eigenvalue weighted by molar-refractivity contribution is 0.0257. The van der Waals surface area contributed by atoms with Gasteiger partial charge in [0.05, 0.1) is 0 Å². The summed E-state index contributed by atoms with van der Waals surface area (Å²) in [6.45, 7) is 9.12. The Kier molecular flexibility index (Phi) is 3.82. The predicted molar refractivity (Wildman–Crippen MR) is 70.4 cm³/mol. The number of nitrogens with zero attached hydrogens (tertiary/aromatic N) is 2. The molecule has 0 aliphatic carbocycles. The second kappa shape index (κ2) is 5.05. The molecule has 2 heterocycles. The second-order valence-corrected chi connectivity index (χ2v) is 6.40. The molecule has 2 aliphatic heterocycles. The predicted octanol–water partition coefficient (Wildman–Crippen LogP) is 1.03. The third kappa shape index (κ3) is 3.36. The van der Waals surface area contributed by atoms with E-state index >= 15 is 0 Å². The number of rotatable bonds is 0. The van der Waals surface area contributed by atoms with Crippen molar-refractivity contribution in [3.8, 4) is 0 Å². The Balaban J connectivity index is 1.89. The number of carbonyl (C=O) groups is 1. The third-order valence-electron chi connectivity index (χ3n) is 3.60. The molecule has 1 amide bonds. The first-order valence-corrected chi connectivity index (χ1v) is 6.83. The van der Waals surface area contributed by atoms with Gasteiger partial charge in [0, 0.05) is 38.3 Å². The molecule has 2 fully saturated rings. The zero-order chi connectivity index (χ0) is 13.3. The van der Waals surface area contributed by atoms with Crippen LogP contribution in [0.2, 0.25) is 0 Å². The van der Waals surface area contributed by atoms with Crippen molar-refractivity contribution in [3.05, 3.63) is 0 Å². The van der Waals surface area contributed by atoms with Crippen LogP contribution in [0.25, 0.3) is 0 Å². The second-order valence-electron chi connectivity index (χ2n) is 6.40. The van der Waals surface area contributed by atoms with Crippen molar-refractivity contribution in [1.29, 1.82) is 0 Å². The van der Waals surface area contributed by atoms with Gasteiger partial charge in [-0.3, -0.25) is 4.90 Å². The minimum absolute atomic E-state index is 0.187. The highest BCUT2D eigenvalue weighted by Crippen LogP contribution is 2.22. The molecule has 2 unspecified atom stereocenters. The lowest BCUT2D eigenvalue weighted by Gasteiger charge is -2.26. The van der Waals surface area contributed by atoms with Gasteiger partial charge >= 0.3 is 6.09 Å². The average Bonchev–Trinajstić information content (AvgIpc) is 2.45. The van der Waals surface area contributed by atoms with Crippen LogP contribution in [0.15, 0.2) is 0 Å². The summed E-state index contributed by atoms with van der Waals surface area (Å²) in [5, 5.41) is 0. The van der Waals surface area contributed by atoms with Crippen molar-refractivity contribution in [1.82, 2.24) is 9.80 Å². The van der Waals surface area contributed by atoms with Crippen LogP contribution in [-0.2, 0) is 4.74 Å². The fraction of sp³-hybridized carbons (Fsp3) is 0.923. The largest absolute Gasteiger partial charge is 0.444 e. The van der Waals surface area contributed by atoms with Gasteiger partial charge < -0.3 is 15.4 Å². The van der Waals surface area contributed by atoms with Gasteiger partial charge in [0.25, 0.3) is 0 Å². The summed E-state index contributed by atoms with van der Waals surface area (Å²) in [4.78, 5) is 16.3. The number of ether oxygens (including phenoxy) is 1. The van der Waals surface area contributed by atoms with Crippen LogP contribution in [0.4, 0.5) is 4.79 Å². The number of amides is 1. The fourth-order valence-electron chi connectivity index (χ4n) is 2.77. The first-order chi connectivity index (χ1) is 8.35. The van der Waals surface area contributed by atoms with Crippen LogP contribution in [0, 0.1) is 0 Å². The number of carbonyl (C=O) groups excluding carboxylic acids is 1. The molecule has 2 atom stereocenters. The topological polar surface area (TPSA) is 58.8 Å². The van der Waals surface area contributed by atoms with Crippen LogP contribution in [-0.4, -0.2) is 59.8 Å². The molecule has 0 spiro atoms. The normalized spacial score (nSPS) is 29.9. The van der Waals surface area contributed by atoms with E-state index in [9.17, 15) is 4.79 Å². The number of fused-ring (bicyclic) bond motifs is 1. The van der Waals surface area contributed by atoms with Gasteiger partial charge in [-0.05, 0) is 33.6 Å². The first kappa shape index (κ1) is 13.6. The molecule has 0 saturated carbocycles. The van der Waals surface area contributed by atoms with Crippen LogP contribution in [0.1, 0.15) is 33.6 Å². The highest BCUT2D eigenvalue weighted by atomic mass is 16.6. The molecule has 2 aliphatic rings. The van der Waals surface area contributed by atoms with Gasteiger partial charge in [0.2, 0.25) is 0 Å². The van der Waals surface area contributed by atoms with Gasteiger partial charge in [-0.2, -0.15) is 0 Å². The molecule has 0 radical (unpaired) electrons. The maximum absolute atomic E-state index is 12.0. The molecule has 0 aromatic rings. The summed E-state index contributed by atoms with van der Waals surface area (Å²) in [7, 11) is 0. The molecular formula is C13H25N3O2. The van der Waals surface area contributed by atoms with E-state index in [2.05, 4.69) is 4.90 Å². The van der Waals surface area contributed by atoms with E-state index in [1.54, 1.807) is 0 Å². The summed E-state index contributed by atoms with van der Waals surface area (Å²) in [6, 6.07) is 0.857.